The minimum Gasteiger partial charge on any atom is -0.416 e. The Morgan fingerprint density at radius 3 is 2.16 bits per heavy atom. The van der Waals surface area contributed by atoms with Crippen molar-refractivity contribution in [3.8, 4) is 22.4 Å². The summed E-state index contributed by atoms with van der Waals surface area (Å²) in [6.45, 7) is 17.6. The van der Waals surface area contributed by atoms with Crippen molar-refractivity contribution in [3.05, 3.63) is 102 Å². The number of nitrogens with zero attached hydrogens (tertiary/aromatic N) is 8. The molecule has 3 aliphatic rings. The molecular weight excluding hydrogens is 795 g/mol. The number of piperidine rings is 1. The van der Waals surface area contributed by atoms with E-state index in [-0.39, 0.29) is 29.3 Å². The van der Waals surface area contributed by atoms with Crippen LogP contribution in [-0.4, -0.2) is 100 Å². The number of aryl methyl sites for hydroxylation is 1. The van der Waals surface area contributed by atoms with E-state index in [1.54, 1.807) is 4.90 Å². The van der Waals surface area contributed by atoms with Gasteiger partial charge in [0.1, 0.15) is 0 Å². The average molecular weight is 850 g/mol. The molecule has 3 aliphatic heterocycles. The van der Waals surface area contributed by atoms with Gasteiger partial charge < -0.3 is 19.5 Å². The van der Waals surface area contributed by atoms with Gasteiger partial charge in [-0.25, -0.2) is 9.78 Å². The number of amides is 4. The first-order valence-corrected chi connectivity index (χ1v) is 22.0. The smallest absolute Gasteiger partial charge is 0.328 e. The number of piperazine rings is 1. The number of pyridine rings is 1. The van der Waals surface area contributed by atoms with Gasteiger partial charge in [-0.1, -0.05) is 45.0 Å². The van der Waals surface area contributed by atoms with Crippen molar-refractivity contribution in [3.63, 3.8) is 0 Å². The lowest BCUT2D eigenvalue weighted by Crippen LogP contribution is -2.49. The first-order chi connectivity index (χ1) is 30.4. The minimum atomic E-state index is -0.405. The van der Waals surface area contributed by atoms with Crippen LogP contribution in [0.2, 0.25) is 0 Å². The molecule has 9 rings (SSSR count). The van der Waals surface area contributed by atoms with Crippen molar-refractivity contribution >= 4 is 45.9 Å². The molecule has 63 heavy (non-hydrogen) atoms. The summed E-state index contributed by atoms with van der Waals surface area (Å²) in [6, 6.07) is 24.7. The molecule has 4 amide bonds. The molecule has 1 atom stereocenters. The molecule has 1 unspecified atom stereocenters. The summed E-state index contributed by atoms with van der Waals surface area (Å²) in [4.78, 5) is 50.6. The maximum absolute atomic E-state index is 12.9. The Bertz CT molecular complexity index is 2620. The number of rotatable bonds is 10. The van der Waals surface area contributed by atoms with Gasteiger partial charge in [0.25, 0.3) is 0 Å². The highest BCUT2D eigenvalue weighted by atomic mass is 16.4. The molecule has 3 aromatic carbocycles. The number of nitrogens with one attached hydrogen (secondary N) is 3. The van der Waals surface area contributed by atoms with E-state index in [0.717, 1.165) is 103 Å². The van der Waals surface area contributed by atoms with Crippen molar-refractivity contribution in [2.45, 2.75) is 65.3 Å². The lowest BCUT2D eigenvalue weighted by Gasteiger charge is -2.40. The summed E-state index contributed by atoms with van der Waals surface area (Å²) in [5, 5.41) is 22.1. The van der Waals surface area contributed by atoms with Crippen LogP contribution in [0.15, 0.2) is 83.4 Å². The minimum absolute atomic E-state index is 0.0449. The highest BCUT2D eigenvalue weighted by molar-refractivity contribution is 6.05. The fraction of sp³-hybridized carbons (Fsp3) is 0.396. The molecule has 6 aromatic rings. The topological polar surface area (TPSA) is 169 Å². The van der Waals surface area contributed by atoms with Gasteiger partial charge in [-0.3, -0.25) is 29.8 Å². The zero-order valence-corrected chi connectivity index (χ0v) is 36.6. The lowest BCUT2D eigenvalue weighted by molar-refractivity contribution is -0.120. The summed E-state index contributed by atoms with van der Waals surface area (Å²) < 4.78 is 5.65. The van der Waals surface area contributed by atoms with E-state index >= 15 is 0 Å². The van der Waals surface area contributed by atoms with Gasteiger partial charge in [-0.05, 0) is 97.8 Å². The van der Waals surface area contributed by atoms with Gasteiger partial charge in [0.15, 0.2) is 5.65 Å². The largest absolute Gasteiger partial charge is 0.416 e. The van der Waals surface area contributed by atoms with Gasteiger partial charge in [0, 0.05) is 104 Å². The molecule has 0 bridgehead atoms. The number of H-pyrrole nitrogens is 1. The van der Waals surface area contributed by atoms with Gasteiger partial charge in [-0.15, -0.1) is 10.2 Å². The normalized spacial score (nSPS) is 17.3. The Balaban J connectivity index is 0.767. The van der Waals surface area contributed by atoms with Crippen LogP contribution in [0.5, 0.6) is 0 Å². The van der Waals surface area contributed by atoms with Crippen molar-refractivity contribution < 1.29 is 18.8 Å². The first kappa shape index (κ1) is 41.7. The van der Waals surface area contributed by atoms with Gasteiger partial charge in [-0.2, -0.15) is 5.10 Å². The maximum atomic E-state index is 12.9. The maximum Gasteiger partial charge on any atom is 0.328 e. The van der Waals surface area contributed by atoms with Crippen molar-refractivity contribution in [2.24, 2.45) is 5.92 Å². The predicted octanol–water partition coefficient (Wildman–Crippen LogP) is 7.26. The number of hydrogen-bond donors (Lipinski definition) is 3. The summed E-state index contributed by atoms with van der Waals surface area (Å²) in [5.74, 6) is 0.433. The second-order valence-electron chi connectivity index (χ2n) is 18.2. The molecule has 3 aromatic heterocycles. The molecule has 15 nitrogen and oxygen atoms in total. The number of hydrogen-bond acceptors (Lipinski definition) is 11. The molecule has 3 saturated heterocycles. The molecule has 15 heteroatoms. The predicted molar refractivity (Wildman–Crippen MR) is 244 cm³/mol. The Labute approximate surface area is 367 Å². The zero-order valence-electron chi connectivity index (χ0n) is 36.6. The lowest BCUT2D eigenvalue weighted by atomic mass is 9.95. The fourth-order valence-corrected chi connectivity index (χ4v) is 8.99. The summed E-state index contributed by atoms with van der Waals surface area (Å²) in [6.07, 6.45) is 4.53. The van der Waals surface area contributed by atoms with E-state index in [0.29, 0.717) is 30.4 Å². The highest BCUT2D eigenvalue weighted by Crippen LogP contribution is 2.33. The standard InChI is InChI=1S/C48H55N11O4/c1-30-26-34(8-15-39(30)31(2)50-44(61)45-54-55-46(63-45)48(3,4)5)42-40-27-35(28-49-43(40)53-52-42)33-6-9-36(10-7-33)58-24-22-56(23-25-58)29-32-16-19-57(20-17-32)37-11-13-38(14-12-37)59-21-18-41(60)51-47(59)62/h6-15,26-28,31-32H,16-25,29H2,1-5H3,(H,50,61)(H,49,52,53)(H,51,60,62). The number of benzene rings is 3. The van der Waals surface area contributed by atoms with Crippen LogP contribution in [0.3, 0.4) is 0 Å². The SMILES string of the molecule is Cc1cc(-c2[nH]nc3ncc(-c4ccc(N5CCN(CC6CCN(c7ccc(N8CCC(=O)NC8=O)cc7)CC6)CC5)cc4)cc23)ccc1C(C)NC(=O)c1nnc(C(C)(C)C)o1. The second-order valence-corrected chi connectivity index (χ2v) is 18.2. The van der Waals surface area contributed by atoms with E-state index in [1.807, 2.05) is 65.1 Å². The van der Waals surface area contributed by atoms with Crippen LogP contribution in [0.25, 0.3) is 33.4 Å². The number of aromatic amines is 1. The molecule has 326 valence electrons. The molecule has 3 fully saturated rings. The van der Waals surface area contributed by atoms with Gasteiger partial charge in [0.2, 0.25) is 11.8 Å². The Morgan fingerprint density at radius 1 is 0.825 bits per heavy atom. The molecule has 0 radical (unpaired) electrons. The monoisotopic (exact) mass is 849 g/mol. The summed E-state index contributed by atoms with van der Waals surface area (Å²) in [7, 11) is 0. The third kappa shape index (κ3) is 9.01. The van der Waals surface area contributed by atoms with Gasteiger partial charge in [0.05, 0.1) is 11.7 Å². The van der Waals surface area contributed by atoms with Crippen LogP contribution in [-0.2, 0) is 10.2 Å². The molecular formula is C48H55N11O4. The second kappa shape index (κ2) is 17.3. The molecule has 6 heterocycles. The van der Waals surface area contributed by atoms with Crippen LogP contribution in [0.4, 0.5) is 21.9 Å². The van der Waals surface area contributed by atoms with Crippen LogP contribution in [0, 0.1) is 12.8 Å². The number of imide groups is 1. The zero-order chi connectivity index (χ0) is 43.8. The van der Waals surface area contributed by atoms with Crippen LogP contribution < -0.4 is 25.3 Å². The molecule has 0 spiro atoms. The molecule has 3 N–H and O–H groups in total. The number of carbonyl (C=O) groups is 3. The van der Waals surface area contributed by atoms with E-state index < -0.39 is 5.91 Å². The summed E-state index contributed by atoms with van der Waals surface area (Å²) >= 11 is 0. The number of anilines is 3. The fourth-order valence-electron chi connectivity index (χ4n) is 8.99. The number of carbonyl (C=O) groups excluding carboxylic acids is 3. The quantitative estimate of drug-likeness (QED) is 0.127. The Morgan fingerprint density at radius 2 is 1.49 bits per heavy atom. The van der Waals surface area contributed by atoms with E-state index in [9.17, 15) is 14.4 Å². The van der Waals surface area contributed by atoms with E-state index in [1.165, 1.54) is 11.4 Å². The number of urea groups is 1. The van der Waals surface area contributed by atoms with Crippen LogP contribution in [0.1, 0.15) is 80.7 Å². The highest BCUT2D eigenvalue weighted by Gasteiger charge is 2.28. The van der Waals surface area contributed by atoms with Crippen molar-refractivity contribution in [1.82, 2.24) is 40.9 Å². The Hall–Kier alpha value is -6.61. The van der Waals surface area contributed by atoms with E-state index in [2.05, 4.69) is 94.3 Å². The first-order valence-electron chi connectivity index (χ1n) is 22.0. The number of fused-ring (bicyclic) bond motifs is 1. The van der Waals surface area contributed by atoms with Gasteiger partial charge >= 0.3 is 17.8 Å². The third-order valence-corrected chi connectivity index (χ3v) is 12.7. The summed E-state index contributed by atoms with van der Waals surface area (Å²) in [5.41, 5.74) is 9.55. The average Bonchev–Trinajstić information content (AvgIpc) is 3.96. The third-order valence-electron chi connectivity index (χ3n) is 12.7. The Kier molecular flexibility index (Phi) is 11.4. The van der Waals surface area contributed by atoms with Crippen LogP contribution >= 0.6 is 0 Å². The number of aromatic nitrogens is 5. The molecule has 0 saturated carbocycles. The molecule has 0 aliphatic carbocycles. The van der Waals surface area contributed by atoms with Crippen molar-refractivity contribution in [1.29, 1.82) is 0 Å². The van der Waals surface area contributed by atoms with E-state index in [4.69, 9.17) is 9.40 Å². The van der Waals surface area contributed by atoms with Crippen molar-refractivity contribution in [2.75, 3.05) is 67.1 Å².